The Hall–Kier alpha value is -1.31. The van der Waals surface area contributed by atoms with E-state index in [1.165, 1.54) is 6.07 Å². The first-order valence-electron chi connectivity index (χ1n) is 5.83. The SMILES string of the molecule is Cc1cnc(Nc2cc(Cl)ccc2OS(C)(=O)=O)c(Br)c1. The number of nitrogens with one attached hydrogen (secondary N) is 1. The molecule has 0 radical (unpaired) electrons. The van der Waals surface area contributed by atoms with Gasteiger partial charge in [-0.25, -0.2) is 4.98 Å². The highest BCUT2D eigenvalue weighted by Gasteiger charge is 2.12. The second-order valence-electron chi connectivity index (χ2n) is 4.40. The Balaban J connectivity index is 2.40. The number of rotatable bonds is 4. The molecule has 0 aliphatic carbocycles. The maximum absolute atomic E-state index is 11.3. The van der Waals surface area contributed by atoms with Crippen LogP contribution in [0, 0.1) is 6.92 Å². The van der Waals surface area contributed by atoms with Gasteiger partial charge in [0.2, 0.25) is 0 Å². The van der Waals surface area contributed by atoms with Crippen molar-refractivity contribution < 1.29 is 12.6 Å². The highest BCUT2D eigenvalue weighted by molar-refractivity contribution is 9.10. The molecule has 0 aliphatic rings. The lowest BCUT2D eigenvalue weighted by atomic mass is 10.3. The highest BCUT2D eigenvalue weighted by Crippen LogP contribution is 2.33. The van der Waals surface area contributed by atoms with Crippen molar-refractivity contribution in [3.05, 3.63) is 45.5 Å². The monoisotopic (exact) mass is 390 g/mol. The van der Waals surface area contributed by atoms with Crippen molar-refractivity contribution in [2.24, 2.45) is 0 Å². The zero-order valence-electron chi connectivity index (χ0n) is 11.2. The van der Waals surface area contributed by atoms with Gasteiger partial charge in [-0.05, 0) is 52.7 Å². The predicted molar refractivity (Wildman–Crippen MR) is 86.9 cm³/mol. The van der Waals surface area contributed by atoms with Crippen molar-refractivity contribution in [2.75, 3.05) is 11.6 Å². The molecule has 2 rings (SSSR count). The first kappa shape index (κ1) is 16.1. The molecule has 0 unspecified atom stereocenters. The number of aromatic nitrogens is 1. The average molecular weight is 392 g/mol. The van der Waals surface area contributed by atoms with E-state index >= 15 is 0 Å². The van der Waals surface area contributed by atoms with Crippen LogP contribution in [0.15, 0.2) is 34.9 Å². The van der Waals surface area contributed by atoms with Gasteiger partial charge < -0.3 is 9.50 Å². The summed E-state index contributed by atoms with van der Waals surface area (Å²) < 4.78 is 28.3. The van der Waals surface area contributed by atoms with Gasteiger partial charge in [0.05, 0.1) is 16.4 Å². The fraction of sp³-hybridized carbons (Fsp3) is 0.154. The topological polar surface area (TPSA) is 68.3 Å². The average Bonchev–Trinajstić information content (AvgIpc) is 2.34. The quantitative estimate of drug-likeness (QED) is 0.801. The molecule has 0 atom stereocenters. The second-order valence-corrected chi connectivity index (χ2v) is 7.26. The van der Waals surface area contributed by atoms with Crippen molar-refractivity contribution >= 4 is 49.2 Å². The predicted octanol–water partition coefficient (Wildman–Crippen LogP) is 3.89. The zero-order valence-corrected chi connectivity index (χ0v) is 14.4. The van der Waals surface area contributed by atoms with Crippen LogP contribution in [0.2, 0.25) is 5.02 Å². The van der Waals surface area contributed by atoms with Crippen LogP contribution in [0.5, 0.6) is 5.75 Å². The number of aryl methyl sites for hydroxylation is 1. The Kier molecular flexibility index (Phi) is 4.75. The minimum atomic E-state index is -3.64. The van der Waals surface area contributed by atoms with E-state index in [1.54, 1.807) is 18.3 Å². The van der Waals surface area contributed by atoms with Gasteiger partial charge in [0.25, 0.3) is 0 Å². The molecule has 2 aromatic rings. The van der Waals surface area contributed by atoms with Crippen molar-refractivity contribution in [3.63, 3.8) is 0 Å². The summed E-state index contributed by atoms with van der Waals surface area (Å²) in [6.45, 7) is 1.92. The molecule has 112 valence electrons. The van der Waals surface area contributed by atoms with Crippen LogP contribution in [-0.2, 0) is 10.1 Å². The van der Waals surface area contributed by atoms with E-state index in [4.69, 9.17) is 15.8 Å². The molecule has 8 heteroatoms. The second kappa shape index (κ2) is 6.21. The Labute approximate surface area is 136 Å². The van der Waals surface area contributed by atoms with E-state index in [9.17, 15) is 8.42 Å². The molecule has 0 fully saturated rings. The van der Waals surface area contributed by atoms with Crippen LogP contribution >= 0.6 is 27.5 Å². The number of hydrogen-bond donors (Lipinski definition) is 1. The summed E-state index contributed by atoms with van der Waals surface area (Å²) in [5, 5.41) is 3.45. The van der Waals surface area contributed by atoms with Gasteiger partial charge >= 0.3 is 10.1 Å². The smallest absolute Gasteiger partial charge is 0.306 e. The molecule has 0 spiro atoms. The number of halogens is 2. The number of hydrogen-bond acceptors (Lipinski definition) is 5. The molecular formula is C13H12BrClN2O3S. The van der Waals surface area contributed by atoms with Crippen LogP contribution < -0.4 is 9.50 Å². The maximum atomic E-state index is 11.3. The first-order chi connectivity index (χ1) is 9.74. The van der Waals surface area contributed by atoms with Crippen LogP contribution in [-0.4, -0.2) is 19.7 Å². The number of nitrogens with zero attached hydrogens (tertiary/aromatic N) is 1. The number of pyridine rings is 1. The van der Waals surface area contributed by atoms with Crippen LogP contribution in [0.25, 0.3) is 0 Å². The zero-order chi connectivity index (χ0) is 15.6. The standard InChI is InChI=1S/C13H12BrClN2O3S/c1-8-5-10(14)13(16-7-8)17-11-6-9(15)3-4-12(11)20-21(2,18)19/h3-7H,1-2H3,(H,16,17). The molecule has 1 aromatic heterocycles. The normalized spacial score (nSPS) is 11.2. The van der Waals surface area contributed by atoms with E-state index < -0.39 is 10.1 Å². The molecule has 5 nitrogen and oxygen atoms in total. The van der Waals surface area contributed by atoms with E-state index in [0.29, 0.717) is 16.5 Å². The molecule has 0 saturated carbocycles. The summed E-state index contributed by atoms with van der Waals surface area (Å²) in [6.07, 6.45) is 2.67. The molecule has 0 amide bonds. The molecular weight excluding hydrogens is 380 g/mol. The lowest BCUT2D eigenvalue weighted by Crippen LogP contribution is -2.08. The van der Waals surface area contributed by atoms with Crippen molar-refractivity contribution in [1.29, 1.82) is 0 Å². The Morgan fingerprint density at radius 3 is 2.67 bits per heavy atom. The van der Waals surface area contributed by atoms with Crippen molar-refractivity contribution in [1.82, 2.24) is 4.98 Å². The summed E-state index contributed by atoms with van der Waals surface area (Å²) in [5.74, 6) is 0.678. The lowest BCUT2D eigenvalue weighted by molar-refractivity contribution is 0.494. The molecule has 0 aliphatic heterocycles. The fourth-order valence-corrected chi connectivity index (χ4v) is 2.79. The molecule has 21 heavy (non-hydrogen) atoms. The maximum Gasteiger partial charge on any atom is 0.306 e. The van der Waals surface area contributed by atoms with Crippen molar-refractivity contribution in [2.45, 2.75) is 6.92 Å². The Morgan fingerprint density at radius 2 is 2.05 bits per heavy atom. The fourth-order valence-electron chi connectivity index (χ4n) is 1.59. The Morgan fingerprint density at radius 1 is 1.33 bits per heavy atom. The van der Waals surface area contributed by atoms with Gasteiger partial charge in [-0.2, -0.15) is 8.42 Å². The minimum Gasteiger partial charge on any atom is -0.380 e. The van der Waals surface area contributed by atoms with Crippen LogP contribution in [0.3, 0.4) is 0 Å². The van der Waals surface area contributed by atoms with E-state index in [0.717, 1.165) is 16.3 Å². The van der Waals surface area contributed by atoms with E-state index in [1.807, 2.05) is 13.0 Å². The van der Waals surface area contributed by atoms with Gasteiger partial charge in [-0.3, -0.25) is 0 Å². The summed E-state index contributed by atoms with van der Waals surface area (Å²) in [7, 11) is -3.64. The third-order valence-electron chi connectivity index (χ3n) is 2.41. The molecule has 0 bridgehead atoms. The third kappa shape index (κ3) is 4.59. The summed E-state index contributed by atoms with van der Waals surface area (Å²) in [6, 6.07) is 6.48. The van der Waals surface area contributed by atoms with Crippen LogP contribution in [0.1, 0.15) is 5.56 Å². The van der Waals surface area contributed by atoms with E-state index in [2.05, 4.69) is 26.2 Å². The Bertz CT molecular complexity index is 781. The number of benzene rings is 1. The molecule has 1 heterocycles. The third-order valence-corrected chi connectivity index (χ3v) is 3.74. The summed E-state index contributed by atoms with van der Waals surface area (Å²) >= 11 is 9.33. The van der Waals surface area contributed by atoms with Gasteiger partial charge in [0.1, 0.15) is 5.82 Å². The largest absolute Gasteiger partial charge is 0.380 e. The molecule has 1 aromatic carbocycles. The number of anilines is 2. The van der Waals surface area contributed by atoms with E-state index in [-0.39, 0.29) is 5.75 Å². The van der Waals surface area contributed by atoms with Gasteiger partial charge in [0, 0.05) is 11.2 Å². The van der Waals surface area contributed by atoms with Gasteiger partial charge in [-0.15, -0.1) is 0 Å². The highest BCUT2D eigenvalue weighted by atomic mass is 79.9. The van der Waals surface area contributed by atoms with Gasteiger partial charge in [-0.1, -0.05) is 11.6 Å². The molecule has 1 N–H and O–H groups in total. The lowest BCUT2D eigenvalue weighted by Gasteiger charge is -2.13. The first-order valence-corrected chi connectivity index (χ1v) is 8.81. The van der Waals surface area contributed by atoms with Gasteiger partial charge in [0.15, 0.2) is 5.75 Å². The molecule has 0 saturated heterocycles. The van der Waals surface area contributed by atoms with Crippen molar-refractivity contribution in [3.8, 4) is 5.75 Å². The minimum absolute atomic E-state index is 0.149. The summed E-state index contributed by atoms with van der Waals surface area (Å²) in [5.41, 5.74) is 1.40. The summed E-state index contributed by atoms with van der Waals surface area (Å²) in [4.78, 5) is 4.23. The van der Waals surface area contributed by atoms with Crippen LogP contribution in [0.4, 0.5) is 11.5 Å².